The molecule has 1 aliphatic carbocycles. The number of anilines is 2. The van der Waals surface area contributed by atoms with E-state index in [-0.39, 0.29) is 0 Å². The van der Waals surface area contributed by atoms with E-state index in [1.807, 2.05) is 17.8 Å². The number of hydrogen-bond donors (Lipinski definition) is 2. The Labute approximate surface area is 113 Å². The number of nitrogens with one attached hydrogen (secondary N) is 1. The molecule has 0 aromatic carbocycles. The van der Waals surface area contributed by atoms with Crippen LogP contribution in [0, 0.1) is 0 Å². The maximum Gasteiger partial charge on any atom is 0.145 e. The van der Waals surface area contributed by atoms with Crippen molar-refractivity contribution in [3.05, 3.63) is 11.9 Å². The summed E-state index contributed by atoms with van der Waals surface area (Å²) in [6.07, 6.45) is 4.50. The van der Waals surface area contributed by atoms with E-state index in [1.165, 1.54) is 12.8 Å². The first kappa shape index (κ1) is 13.4. The van der Waals surface area contributed by atoms with Crippen LogP contribution in [0.25, 0.3) is 0 Å². The quantitative estimate of drug-likeness (QED) is 0.605. The minimum absolute atomic E-state index is 0.438. The Balaban J connectivity index is 2.22. The lowest BCUT2D eigenvalue weighted by Crippen LogP contribution is -2.32. The summed E-state index contributed by atoms with van der Waals surface area (Å²) in [5, 5.41) is 0. The summed E-state index contributed by atoms with van der Waals surface area (Å²) in [6, 6.07) is 2.34. The molecule has 3 N–H and O–H groups in total. The lowest BCUT2D eigenvalue weighted by atomic mass is 10.3. The standard InChI is InChI=1S/C12H21N5S/c1-8(7-18-3)17(2)11-6-10(16-13)14-12(15-11)9-4-5-9/h6,8-9H,4-5,7,13H2,1-3H3,(H,14,15,16). The number of rotatable bonds is 6. The van der Waals surface area contributed by atoms with Crippen molar-refractivity contribution in [2.75, 3.05) is 29.4 Å². The Hall–Kier alpha value is -1.01. The van der Waals surface area contributed by atoms with Crippen molar-refractivity contribution < 1.29 is 0 Å². The van der Waals surface area contributed by atoms with Gasteiger partial charge in [-0.25, -0.2) is 15.8 Å². The van der Waals surface area contributed by atoms with E-state index in [0.29, 0.717) is 17.8 Å². The zero-order chi connectivity index (χ0) is 13.1. The van der Waals surface area contributed by atoms with Crippen LogP contribution in [-0.4, -0.2) is 35.1 Å². The van der Waals surface area contributed by atoms with Crippen LogP contribution in [0.3, 0.4) is 0 Å². The van der Waals surface area contributed by atoms with Gasteiger partial charge in [-0.05, 0) is 26.0 Å². The highest BCUT2D eigenvalue weighted by Crippen LogP contribution is 2.39. The predicted octanol–water partition coefficient (Wildman–Crippen LogP) is 1.83. The Bertz CT molecular complexity index is 407. The second-order valence-corrected chi connectivity index (χ2v) is 5.71. The minimum Gasteiger partial charge on any atom is -0.356 e. The summed E-state index contributed by atoms with van der Waals surface area (Å²) in [6.45, 7) is 2.20. The summed E-state index contributed by atoms with van der Waals surface area (Å²) in [5.74, 6) is 9.65. The van der Waals surface area contributed by atoms with Crippen molar-refractivity contribution in [3.63, 3.8) is 0 Å². The summed E-state index contributed by atoms with van der Waals surface area (Å²) < 4.78 is 0. The number of nitrogens with two attached hydrogens (primary N) is 1. The molecule has 5 nitrogen and oxygen atoms in total. The van der Waals surface area contributed by atoms with E-state index in [1.54, 1.807) is 0 Å². The lowest BCUT2D eigenvalue weighted by Gasteiger charge is -2.26. The van der Waals surface area contributed by atoms with Crippen molar-refractivity contribution in [3.8, 4) is 0 Å². The summed E-state index contributed by atoms with van der Waals surface area (Å²) >= 11 is 1.84. The summed E-state index contributed by atoms with van der Waals surface area (Å²) in [4.78, 5) is 11.3. The molecule has 1 saturated carbocycles. The van der Waals surface area contributed by atoms with Gasteiger partial charge in [-0.2, -0.15) is 11.8 Å². The highest BCUT2D eigenvalue weighted by atomic mass is 32.2. The molecule has 1 heterocycles. The van der Waals surface area contributed by atoms with Gasteiger partial charge in [-0.1, -0.05) is 0 Å². The molecule has 1 aliphatic rings. The van der Waals surface area contributed by atoms with Gasteiger partial charge in [0.05, 0.1) is 0 Å². The molecule has 1 fully saturated rings. The van der Waals surface area contributed by atoms with Crippen molar-refractivity contribution in [1.29, 1.82) is 0 Å². The fourth-order valence-electron chi connectivity index (χ4n) is 1.81. The molecular formula is C12H21N5S. The molecule has 0 bridgehead atoms. The molecule has 18 heavy (non-hydrogen) atoms. The number of nitrogen functional groups attached to an aromatic ring is 1. The van der Waals surface area contributed by atoms with Crippen LogP contribution < -0.4 is 16.2 Å². The average Bonchev–Trinajstić information content (AvgIpc) is 3.21. The molecule has 0 radical (unpaired) electrons. The van der Waals surface area contributed by atoms with Gasteiger partial charge in [0, 0.05) is 30.8 Å². The highest BCUT2D eigenvalue weighted by Gasteiger charge is 2.28. The number of hydrogen-bond acceptors (Lipinski definition) is 6. The number of thioether (sulfide) groups is 1. The van der Waals surface area contributed by atoms with Gasteiger partial charge in [0.2, 0.25) is 0 Å². The summed E-state index contributed by atoms with van der Waals surface area (Å²) in [5.41, 5.74) is 2.63. The van der Waals surface area contributed by atoms with Gasteiger partial charge in [0.1, 0.15) is 17.5 Å². The third-order valence-corrected chi connectivity index (χ3v) is 4.07. The van der Waals surface area contributed by atoms with Crippen LogP contribution in [0.5, 0.6) is 0 Å². The highest BCUT2D eigenvalue weighted by molar-refractivity contribution is 7.98. The molecule has 1 atom stereocenters. The molecule has 1 unspecified atom stereocenters. The van der Waals surface area contributed by atoms with Crippen LogP contribution in [-0.2, 0) is 0 Å². The predicted molar refractivity (Wildman–Crippen MR) is 78.1 cm³/mol. The SMILES string of the molecule is CSCC(C)N(C)c1cc(NN)nc(C2CC2)n1. The Morgan fingerprint density at radius 1 is 1.56 bits per heavy atom. The van der Waals surface area contributed by atoms with E-state index in [0.717, 1.165) is 17.4 Å². The minimum atomic E-state index is 0.438. The van der Waals surface area contributed by atoms with E-state index >= 15 is 0 Å². The van der Waals surface area contributed by atoms with Crippen LogP contribution in [0.2, 0.25) is 0 Å². The third-order valence-electron chi connectivity index (χ3n) is 3.25. The second kappa shape index (κ2) is 5.75. The van der Waals surface area contributed by atoms with Crippen molar-refractivity contribution in [1.82, 2.24) is 9.97 Å². The second-order valence-electron chi connectivity index (χ2n) is 4.80. The Kier molecular flexibility index (Phi) is 4.29. The van der Waals surface area contributed by atoms with Gasteiger partial charge in [-0.15, -0.1) is 0 Å². The smallest absolute Gasteiger partial charge is 0.145 e. The zero-order valence-corrected chi connectivity index (χ0v) is 12.0. The van der Waals surface area contributed by atoms with Crippen LogP contribution in [0.1, 0.15) is 31.5 Å². The van der Waals surface area contributed by atoms with Crippen LogP contribution in [0.4, 0.5) is 11.6 Å². The topological polar surface area (TPSA) is 67.1 Å². The summed E-state index contributed by atoms with van der Waals surface area (Å²) in [7, 11) is 2.07. The van der Waals surface area contributed by atoms with Gasteiger partial charge in [-0.3, -0.25) is 0 Å². The molecule has 2 rings (SSSR count). The molecule has 6 heteroatoms. The molecular weight excluding hydrogens is 246 g/mol. The van der Waals surface area contributed by atoms with Crippen molar-refractivity contribution >= 4 is 23.4 Å². The molecule has 0 saturated heterocycles. The van der Waals surface area contributed by atoms with E-state index in [9.17, 15) is 0 Å². The number of aromatic nitrogens is 2. The van der Waals surface area contributed by atoms with Crippen LogP contribution >= 0.6 is 11.8 Å². The van der Waals surface area contributed by atoms with E-state index in [2.05, 4.69) is 40.5 Å². The van der Waals surface area contributed by atoms with E-state index < -0.39 is 0 Å². The molecule has 0 spiro atoms. The molecule has 1 aromatic rings. The molecule has 0 amide bonds. The monoisotopic (exact) mass is 267 g/mol. The van der Waals surface area contributed by atoms with Crippen molar-refractivity contribution in [2.24, 2.45) is 5.84 Å². The maximum absolute atomic E-state index is 5.48. The zero-order valence-electron chi connectivity index (χ0n) is 11.2. The first-order valence-electron chi connectivity index (χ1n) is 6.23. The van der Waals surface area contributed by atoms with Crippen LogP contribution in [0.15, 0.2) is 6.07 Å². The van der Waals surface area contributed by atoms with Crippen molar-refractivity contribution in [2.45, 2.75) is 31.7 Å². The van der Waals surface area contributed by atoms with Gasteiger partial charge in [0.25, 0.3) is 0 Å². The first-order chi connectivity index (χ1) is 8.65. The fourth-order valence-corrected chi connectivity index (χ4v) is 2.52. The Morgan fingerprint density at radius 2 is 2.28 bits per heavy atom. The maximum atomic E-state index is 5.48. The molecule has 1 aromatic heterocycles. The average molecular weight is 267 g/mol. The third kappa shape index (κ3) is 3.05. The van der Waals surface area contributed by atoms with Gasteiger partial charge in [0.15, 0.2) is 0 Å². The van der Waals surface area contributed by atoms with Gasteiger partial charge >= 0.3 is 0 Å². The fraction of sp³-hybridized carbons (Fsp3) is 0.667. The first-order valence-corrected chi connectivity index (χ1v) is 7.62. The van der Waals surface area contributed by atoms with Gasteiger partial charge < -0.3 is 10.3 Å². The largest absolute Gasteiger partial charge is 0.356 e. The molecule has 100 valence electrons. The number of hydrazine groups is 1. The normalized spacial score (nSPS) is 16.4. The number of nitrogens with zero attached hydrogens (tertiary/aromatic N) is 3. The Morgan fingerprint density at radius 3 is 2.83 bits per heavy atom. The van der Waals surface area contributed by atoms with E-state index in [4.69, 9.17) is 5.84 Å². The molecule has 0 aliphatic heterocycles. The lowest BCUT2D eigenvalue weighted by molar-refractivity contribution is 0.744.